The molecule has 0 bridgehead atoms. The standard InChI is InChI=1S/C16H26F2N2O/c1-11(2)8-19-9-12-6-13(17)15(14(18)7-12)20(5)16(3,4)10-21/h6-7,11,19,21H,8-10H2,1-5H3. The SMILES string of the molecule is CC(C)CNCc1cc(F)c(N(C)C(C)(C)CO)c(F)c1. The van der Waals surface area contributed by atoms with Crippen LogP contribution in [0.5, 0.6) is 0 Å². The molecule has 1 aromatic rings. The Morgan fingerprint density at radius 3 is 2.19 bits per heavy atom. The first-order chi connectivity index (χ1) is 9.69. The first-order valence-corrected chi connectivity index (χ1v) is 7.22. The molecule has 120 valence electrons. The van der Waals surface area contributed by atoms with Crippen molar-refractivity contribution < 1.29 is 13.9 Å². The molecule has 3 nitrogen and oxygen atoms in total. The summed E-state index contributed by atoms with van der Waals surface area (Å²) in [5, 5.41) is 12.5. The minimum atomic E-state index is -0.737. The van der Waals surface area contributed by atoms with E-state index in [9.17, 15) is 13.9 Å². The smallest absolute Gasteiger partial charge is 0.149 e. The molecule has 2 N–H and O–H groups in total. The summed E-state index contributed by atoms with van der Waals surface area (Å²) >= 11 is 0. The molecule has 0 saturated carbocycles. The van der Waals surface area contributed by atoms with Crippen molar-refractivity contribution in [2.45, 2.75) is 39.8 Å². The first kappa shape index (κ1) is 17.9. The molecule has 0 saturated heterocycles. The van der Waals surface area contributed by atoms with Gasteiger partial charge in [0.05, 0.1) is 12.1 Å². The van der Waals surface area contributed by atoms with E-state index in [0.29, 0.717) is 18.0 Å². The number of rotatable bonds is 7. The van der Waals surface area contributed by atoms with E-state index in [-0.39, 0.29) is 12.3 Å². The third-order valence-corrected chi connectivity index (χ3v) is 3.59. The van der Waals surface area contributed by atoms with Crippen molar-refractivity contribution in [1.82, 2.24) is 5.32 Å². The number of nitrogens with one attached hydrogen (secondary N) is 1. The molecule has 1 rings (SSSR count). The van der Waals surface area contributed by atoms with Gasteiger partial charge in [0, 0.05) is 13.6 Å². The summed E-state index contributed by atoms with van der Waals surface area (Å²) in [5.41, 5.74) is -0.273. The quantitative estimate of drug-likeness (QED) is 0.813. The summed E-state index contributed by atoms with van der Waals surface area (Å²) < 4.78 is 28.4. The highest BCUT2D eigenvalue weighted by atomic mass is 19.1. The van der Waals surface area contributed by atoms with Crippen molar-refractivity contribution in [1.29, 1.82) is 0 Å². The molecule has 0 aliphatic rings. The highest BCUT2D eigenvalue weighted by molar-refractivity contribution is 5.52. The van der Waals surface area contributed by atoms with Crippen LogP contribution < -0.4 is 10.2 Å². The number of halogens is 2. The van der Waals surface area contributed by atoms with Crippen LogP contribution in [0.4, 0.5) is 14.5 Å². The van der Waals surface area contributed by atoms with Gasteiger partial charge in [-0.3, -0.25) is 0 Å². The highest BCUT2D eigenvalue weighted by Gasteiger charge is 2.27. The fourth-order valence-corrected chi connectivity index (χ4v) is 1.95. The molecule has 0 heterocycles. The molecule has 0 aliphatic carbocycles. The van der Waals surface area contributed by atoms with E-state index in [4.69, 9.17) is 0 Å². The Labute approximate surface area is 126 Å². The molecule has 0 aliphatic heterocycles. The Morgan fingerprint density at radius 1 is 1.24 bits per heavy atom. The second-order valence-corrected chi connectivity index (χ2v) is 6.46. The fraction of sp³-hybridized carbons (Fsp3) is 0.625. The average Bonchev–Trinajstić information content (AvgIpc) is 2.37. The fourth-order valence-electron chi connectivity index (χ4n) is 1.95. The van der Waals surface area contributed by atoms with Crippen LogP contribution in [-0.2, 0) is 6.54 Å². The zero-order valence-electron chi connectivity index (χ0n) is 13.5. The van der Waals surface area contributed by atoms with Crippen LogP contribution in [0.1, 0.15) is 33.3 Å². The van der Waals surface area contributed by atoms with E-state index in [1.165, 1.54) is 17.0 Å². The lowest BCUT2D eigenvalue weighted by Crippen LogP contribution is -2.45. The van der Waals surface area contributed by atoms with Crippen molar-refractivity contribution in [3.8, 4) is 0 Å². The van der Waals surface area contributed by atoms with Gasteiger partial charge in [-0.15, -0.1) is 0 Å². The van der Waals surface area contributed by atoms with E-state index in [1.54, 1.807) is 20.9 Å². The molecule has 0 unspecified atom stereocenters. The van der Waals surface area contributed by atoms with Crippen LogP contribution in [0, 0.1) is 17.6 Å². The van der Waals surface area contributed by atoms with E-state index in [1.807, 2.05) is 0 Å². The molecule has 0 spiro atoms. The monoisotopic (exact) mass is 300 g/mol. The van der Waals surface area contributed by atoms with Gasteiger partial charge in [0.2, 0.25) is 0 Å². The van der Waals surface area contributed by atoms with Crippen LogP contribution in [-0.4, -0.2) is 30.8 Å². The van der Waals surface area contributed by atoms with E-state index in [2.05, 4.69) is 19.2 Å². The van der Waals surface area contributed by atoms with Crippen LogP contribution in [0.3, 0.4) is 0 Å². The van der Waals surface area contributed by atoms with Gasteiger partial charge < -0.3 is 15.3 Å². The number of nitrogens with zero attached hydrogens (tertiary/aromatic N) is 1. The van der Waals surface area contributed by atoms with Crippen molar-refractivity contribution in [2.75, 3.05) is 25.1 Å². The van der Waals surface area contributed by atoms with Gasteiger partial charge in [0.25, 0.3) is 0 Å². The van der Waals surface area contributed by atoms with Gasteiger partial charge in [-0.2, -0.15) is 0 Å². The molecule has 5 heteroatoms. The van der Waals surface area contributed by atoms with E-state index < -0.39 is 17.2 Å². The number of aliphatic hydroxyl groups excluding tert-OH is 1. The molecular formula is C16H26F2N2O. The predicted molar refractivity (Wildman–Crippen MR) is 82.5 cm³/mol. The summed E-state index contributed by atoms with van der Waals surface area (Å²) in [6.45, 7) is 8.63. The minimum absolute atomic E-state index is 0.110. The summed E-state index contributed by atoms with van der Waals surface area (Å²) in [6.07, 6.45) is 0. The third-order valence-electron chi connectivity index (χ3n) is 3.59. The molecule has 0 amide bonds. The summed E-state index contributed by atoms with van der Waals surface area (Å²) in [4.78, 5) is 1.43. The lowest BCUT2D eigenvalue weighted by molar-refractivity contribution is 0.215. The Balaban J connectivity index is 2.95. The highest BCUT2D eigenvalue weighted by Crippen LogP contribution is 2.29. The minimum Gasteiger partial charge on any atom is -0.394 e. The Bertz CT molecular complexity index is 452. The van der Waals surface area contributed by atoms with Crippen molar-refractivity contribution in [3.63, 3.8) is 0 Å². The normalized spacial score (nSPS) is 12.0. The summed E-state index contributed by atoms with van der Waals surface area (Å²) in [5.74, 6) is -0.740. The first-order valence-electron chi connectivity index (χ1n) is 7.22. The summed E-state index contributed by atoms with van der Waals surface area (Å²) in [6, 6.07) is 2.69. The maximum absolute atomic E-state index is 14.2. The van der Waals surface area contributed by atoms with Crippen LogP contribution >= 0.6 is 0 Å². The maximum Gasteiger partial charge on any atom is 0.149 e. The van der Waals surface area contributed by atoms with E-state index in [0.717, 1.165) is 6.54 Å². The van der Waals surface area contributed by atoms with Crippen molar-refractivity contribution in [3.05, 3.63) is 29.3 Å². The van der Waals surface area contributed by atoms with Gasteiger partial charge in [-0.05, 0) is 44.0 Å². The molecule has 0 fully saturated rings. The van der Waals surface area contributed by atoms with Crippen molar-refractivity contribution in [2.24, 2.45) is 5.92 Å². The molecule has 0 aromatic heterocycles. The second-order valence-electron chi connectivity index (χ2n) is 6.46. The third kappa shape index (κ3) is 4.64. The average molecular weight is 300 g/mol. The van der Waals surface area contributed by atoms with Gasteiger partial charge in [-0.1, -0.05) is 13.8 Å². The lowest BCUT2D eigenvalue weighted by atomic mass is 10.0. The van der Waals surface area contributed by atoms with Crippen molar-refractivity contribution >= 4 is 5.69 Å². The molecular weight excluding hydrogens is 274 g/mol. The lowest BCUT2D eigenvalue weighted by Gasteiger charge is -2.36. The van der Waals surface area contributed by atoms with Crippen LogP contribution in [0.2, 0.25) is 0 Å². The number of aliphatic hydroxyl groups is 1. The zero-order chi connectivity index (χ0) is 16.2. The Kier molecular flexibility index (Phi) is 6.10. The van der Waals surface area contributed by atoms with Gasteiger partial charge >= 0.3 is 0 Å². The molecule has 21 heavy (non-hydrogen) atoms. The second kappa shape index (κ2) is 7.18. The molecule has 1 aromatic carbocycles. The van der Waals surface area contributed by atoms with Gasteiger partial charge in [0.15, 0.2) is 0 Å². The van der Waals surface area contributed by atoms with Crippen LogP contribution in [0.25, 0.3) is 0 Å². The Hall–Kier alpha value is -1.20. The topological polar surface area (TPSA) is 35.5 Å². The molecule has 0 atom stereocenters. The van der Waals surface area contributed by atoms with Crippen LogP contribution in [0.15, 0.2) is 12.1 Å². The number of hydrogen-bond donors (Lipinski definition) is 2. The maximum atomic E-state index is 14.2. The number of hydrogen-bond acceptors (Lipinski definition) is 3. The molecule has 0 radical (unpaired) electrons. The Morgan fingerprint density at radius 2 is 1.76 bits per heavy atom. The number of anilines is 1. The number of likely N-dealkylation sites (N-methyl/N-ethyl adjacent to an activating group) is 1. The zero-order valence-corrected chi connectivity index (χ0v) is 13.5. The number of benzene rings is 1. The predicted octanol–water partition coefficient (Wildman–Crippen LogP) is 2.92. The van der Waals surface area contributed by atoms with E-state index >= 15 is 0 Å². The largest absolute Gasteiger partial charge is 0.394 e. The van der Waals surface area contributed by atoms with Gasteiger partial charge in [0.1, 0.15) is 17.3 Å². The summed E-state index contributed by atoms with van der Waals surface area (Å²) in [7, 11) is 1.58. The van der Waals surface area contributed by atoms with Gasteiger partial charge in [-0.25, -0.2) is 8.78 Å².